The van der Waals surface area contributed by atoms with Crippen molar-refractivity contribution in [3.63, 3.8) is 0 Å². The number of hydrogen-bond donors (Lipinski definition) is 0. The molecule has 0 aliphatic rings. The van der Waals surface area contributed by atoms with Crippen molar-refractivity contribution in [1.82, 2.24) is 0 Å². The highest BCUT2D eigenvalue weighted by molar-refractivity contribution is 5.86. The van der Waals surface area contributed by atoms with Gasteiger partial charge < -0.3 is 4.74 Å². The van der Waals surface area contributed by atoms with Crippen LogP contribution >= 0.6 is 0 Å². The van der Waals surface area contributed by atoms with Crippen LogP contribution in [0.25, 0.3) is 0 Å². The van der Waals surface area contributed by atoms with E-state index in [0.717, 1.165) is 16.7 Å². The molecule has 2 rings (SSSR count). The standard InChI is InChI=1S/C17H17FO2/c1-12-10-15(18)9-8-14(12)11-16(19)17(20-2)13-6-4-3-5-7-13/h3-10,17H,11H2,1-2H3. The van der Waals surface area contributed by atoms with Gasteiger partial charge in [0.05, 0.1) is 0 Å². The third-order valence-electron chi connectivity index (χ3n) is 3.30. The summed E-state index contributed by atoms with van der Waals surface area (Å²) in [4.78, 5) is 12.4. The smallest absolute Gasteiger partial charge is 0.170 e. The summed E-state index contributed by atoms with van der Waals surface area (Å²) in [6.07, 6.45) is -0.347. The van der Waals surface area contributed by atoms with Gasteiger partial charge in [-0.2, -0.15) is 0 Å². The lowest BCUT2D eigenvalue weighted by molar-refractivity contribution is -0.128. The van der Waals surface area contributed by atoms with Crippen LogP contribution in [0.3, 0.4) is 0 Å². The minimum atomic E-state index is -0.583. The van der Waals surface area contributed by atoms with E-state index in [1.165, 1.54) is 19.2 Å². The van der Waals surface area contributed by atoms with E-state index < -0.39 is 6.10 Å². The fourth-order valence-electron chi connectivity index (χ4n) is 2.22. The monoisotopic (exact) mass is 272 g/mol. The van der Waals surface area contributed by atoms with Gasteiger partial charge in [-0.3, -0.25) is 4.79 Å². The molecule has 20 heavy (non-hydrogen) atoms. The van der Waals surface area contributed by atoms with Gasteiger partial charge in [-0.1, -0.05) is 36.4 Å². The van der Waals surface area contributed by atoms with Crippen LogP contribution in [0.1, 0.15) is 22.8 Å². The van der Waals surface area contributed by atoms with E-state index in [1.54, 1.807) is 13.0 Å². The van der Waals surface area contributed by atoms with Crippen molar-refractivity contribution in [2.45, 2.75) is 19.4 Å². The van der Waals surface area contributed by atoms with E-state index in [-0.39, 0.29) is 18.0 Å². The Morgan fingerprint density at radius 2 is 1.90 bits per heavy atom. The molecule has 0 saturated carbocycles. The second-order valence-electron chi connectivity index (χ2n) is 4.74. The molecule has 2 aromatic rings. The number of benzene rings is 2. The van der Waals surface area contributed by atoms with Crippen molar-refractivity contribution in [2.75, 3.05) is 7.11 Å². The van der Waals surface area contributed by atoms with E-state index in [4.69, 9.17) is 4.74 Å². The molecule has 0 heterocycles. The first kappa shape index (κ1) is 14.4. The molecule has 104 valence electrons. The van der Waals surface area contributed by atoms with Crippen LogP contribution in [-0.2, 0) is 16.0 Å². The fourth-order valence-corrected chi connectivity index (χ4v) is 2.22. The number of rotatable bonds is 5. The lowest BCUT2D eigenvalue weighted by Crippen LogP contribution is -2.17. The summed E-state index contributed by atoms with van der Waals surface area (Å²) in [5.74, 6) is -0.321. The van der Waals surface area contributed by atoms with Gasteiger partial charge >= 0.3 is 0 Å². The number of Topliss-reactive ketones (excluding diaryl/α,β-unsaturated/α-hetero) is 1. The molecule has 0 aliphatic heterocycles. The molecule has 0 saturated heterocycles. The van der Waals surface area contributed by atoms with Crippen LogP contribution in [0.15, 0.2) is 48.5 Å². The molecule has 0 radical (unpaired) electrons. The molecule has 0 spiro atoms. The zero-order valence-corrected chi connectivity index (χ0v) is 11.6. The molecule has 2 aromatic carbocycles. The number of ketones is 1. The van der Waals surface area contributed by atoms with Gasteiger partial charge in [0, 0.05) is 13.5 Å². The number of ether oxygens (including phenoxy) is 1. The molecule has 1 atom stereocenters. The quantitative estimate of drug-likeness (QED) is 0.830. The van der Waals surface area contributed by atoms with Crippen LogP contribution in [-0.4, -0.2) is 12.9 Å². The zero-order valence-electron chi connectivity index (χ0n) is 11.6. The Balaban J connectivity index is 2.18. The van der Waals surface area contributed by atoms with Crippen LogP contribution in [0.5, 0.6) is 0 Å². The van der Waals surface area contributed by atoms with Gasteiger partial charge in [0.25, 0.3) is 0 Å². The Labute approximate surface area is 118 Å². The van der Waals surface area contributed by atoms with E-state index in [2.05, 4.69) is 0 Å². The normalized spacial score (nSPS) is 12.2. The van der Waals surface area contributed by atoms with Gasteiger partial charge in [-0.05, 0) is 35.7 Å². The molecule has 0 amide bonds. The predicted octanol–water partition coefficient (Wildman–Crippen LogP) is 3.63. The van der Waals surface area contributed by atoms with Gasteiger partial charge in [0.15, 0.2) is 5.78 Å². The van der Waals surface area contributed by atoms with Crippen LogP contribution in [0, 0.1) is 12.7 Å². The largest absolute Gasteiger partial charge is 0.369 e. The highest BCUT2D eigenvalue weighted by atomic mass is 19.1. The Bertz CT molecular complexity index is 593. The maximum Gasteiger partial charge on any atom is 0.170 e. The van der Waals surface area contributed by atoms with Crippen molar-refractivity contribution in [2.24, 2.45) is 0 Å². The first-order valence-electron chi connectivity index (χ1n) is 6.47. The van der Waals surface area contributed by atoms with Crippen molar-refractivity contribution in [3.8, 4) is 0 Å². The summed E-state index contributed by atoms with van der Waals surface area (Å²) in [5.41, 5.74) is 2.44. The number of hydrogen-bond acceptors (Lipinski definition) is 2. The molecule has 2 nitrogen and oxygen atoms in total. The minimum absolute atomic E-state index is 0.0339. The molecule has 0 N–H and O–H groups in total. The first-order chi connectivity index (χ1) is 9.61. The van der Waals surface area contributed by atoms with Crippen molar-refractivity contribution in [3.05, 3.63) is 71.0 Å². The summed E-state index contributed by atoms with van der Waals surface area (Å²) in [6, 6.07) is 13.8. The maximum absolute atomic E-state index is 13.1. The summed E-state index contributed by atoms with van der Waals surface area (Å²) < 4.78 is 18.4. The topological polar surface area (TPSA) is 26.3 Å². The highest BCUT2D eigenvalue weighted by Gasteiger charge is 2.20. The number of aryl methyl sites for hydroxylation is 1. The fraction of sp³-hybridized carbons (Fsp3) is 0.235. The second kappa shape index (κ2) is 6.44. The number of halogens is 1. The molecule has 0 aliphatic carbocycles. The third-order valence-corrected chi connectivity index (χ3v) is 3.30. The van der Waals surface area contributed by atoms with Crippen molar-refractivity contribution < 1.29 is 13.9 Å². The van der Waals surface area contributed by atoms with E-state index >= 15 is 0 Å². The molecule has 1 unspecified atom stereocenters. The summed E-state index contributed by atoms with van der Waals surface area (Å²) in [5, 5.41) is 0. The average molecular weight is 272 g/mol. The van der Waals surface area contributed by atoms with Gasteiger partial charge in [0.2, 0.25) is 0 Å². The van der Waals surface area contributed by atoms with Gasteiger partial charge in [-0.25, -0.2) is 4.39 Å². The van der Waals surface area contributed by atoms with Crippen molar-refractivity contribution in [1.29, 1.82) is 0 Å². The van der Waals surface area contributed by atoms with Gasteiger partial charge in [0.1, 0.15) is 11.9 Å². The van der Waals surface area contributed by atoms with E-state index in [9.17, 15) is 9.18 Å². The Morgan fingerprint density at radius 1 is 1.20 bits per heavy atom. The minimum Gasteiger partial charge on any atom is -0.369 e. The molecular formula is C17H17FO2. The average Bonchev–Trinajstić information content (AvgIpc) is 2.44. The van der Waals surface area contributed by atoms with Crippen LogP contribution in [0.4, 0.5) is 4.39 Å². The van der Waals surface area contributed by atoms with Crippen LogP contribution in [0.2, 0.25) is 0 Å². The zero-order chi connectivity index (χ0) is 14.5. The Kier molecular flexibility index (Phi) is 4.64. The Hall–Kier alpha value is -2.00. The summed E-state index contributed by atoms with van der Waals surface area (Å²) in [6.45, 7) is 1.80. The third kappa shape index (κ3) is 3.31. The molecular weight excluding hydrogens is 255 g/mol. The maximum atomic E-state index is 13.1. The molecule has 0 fully saturated rings. The van der Waals surface area contributed by atoms with E-state index in [1.807, 2.05) is 30.3 Å². The predicted molar refractivity (Wildman–Crippen MR) is 76.0 cm³/mol. The first-order valence-corrected chi connectivity index (χ1v) is 6.47. The van der Waals surface area contributed by atoms with Gasteiger partial charge in [-0.15, -0.1) is 0 Å². The van der Waals surface area contributed by atoms with E-state index in [0.29, 0.717) is 0 Å². The Morgan fingerprint density at radius 3 is 2.50 bits per heavy atom. The lowest BCUT2D eigenvalue weighted by atomic mass is 9.97. The number of carbonyl (C=O) groups is 1. The molecule has 0 aromatic heterocycles. The lowest BCUT2D eigenvalue weighted by Gasteiger charge is -2.15. The number of methoxy groups -OCH3 is 1. The highest BCUT2D eigenvalue weighted by Crippen LogP contribution is 2.21. The SMILES string of the molecule is COC(C(=O)Cc1ccc(F)cc1C)c1ccccc1. The second-order valence-corrected chi connectivity index (χ2v) is 4.74. The van der Waals surface area contributed by atoms with Crippen LogP contribution < -0.4 is 0 Å². The van der Waals surface area contributed by atoms with Crippen molar-refractivity contribution >= 4 is 5.78 Å². The molecule has 3 heteroatoms. The molecule has 0 bridgehead atoms. The number of carbonyl (C=O) groups excluding carboxylic acids is 1. The summed E-state index contributed by atoms with van der Waals surface area (Å²) >= 11 is 0. The summed E-state index contributed by atoms with van der Waals surface area (Å²) in [7, 11) is 1.52.